The van der Waals surface area contributed by atoms with Gasteiger partial charge in [0.25, 0.3) is 0 Å². The topological polar surface area (TPSA) is 99.1 Å². The van der Waals surface area contributed by atoms with Crippen molar-refractivity contribution in [1.29, 1.82) is 0 Å². The number of nitrogens with zero attached hydrogens (tertiary/aromatic N) is 6. The van der Waals surface area contributed by atoms with Crippen LogP contribution in [0.4, 0.5) is 5.69 Å². The maximum atomic E-state index is 12.0. The Morgan fingerprint density at radius 1 is 1.52 bits per heavy atom. The quantitative estimate of drug-likeness (QED) is 0.572. The third-order valence-electron chi connectivity index (χ3n) is 2.98. The number of carbonyl (C=O) groups is 1. The normalized spacial score (nSPS) is 10.6. The first-order valence-corrected chi connectivity index (χ1v) is 6.35. The van der Waals surface area contributed by atoms with E-state index in [-0.39, 0.29) is 18.0 Å². The van der Waals surface area contributed by atoms with Gasteiger partial charge >= 0.3 is 5.69 Å². The summed E-state index contributed by atoms with van der Waals surface area (Å²) in [5, 5.41) is 18.6. The van der Waals surface area contributed by atoms with Crippen molar-refractivity contribution in [2.45, 2.75) is 19.5 Å². The molecule has 1 amide bonds. The molecule has 9 heteroatoms. The van der Waals surface area contributed by atoms with Crippen LogP contribution < -0.4 is 0 Å². The van der Waals surface area contributed by atoms with Gasteiger partial charge in [0.2, 0.25) is 5.91 Å². The van der Waals surface area contributed by atoms with Crippen LogP contribution in [-0.4, -0.2) is 42.3 Å². The molecule has 0 unspecified atom stereocenters. The summed E-state index contributed by atoms with van der Waals surface area (Å²) < 4.78 is 3.07. The fourth-order valence-corrected chi connectivity index (χ4v) is 1.85. The van der Waals surface area contributed by atoms with E-state index in [1.807, 2.05) is 19.3 Å². The lowest BCUT2D eigenvalue weighted by Crippen LogP contribution is -2.27. The number of aryl methyl sites for hydroxylation is 2. The number of aromatic nitrogens is 4. The van der Waals surface area contributed by atoms with Crippen LogP contribution in [0, 0.1) is 10.1 Å². The molecular formula is C12H16N6O3. The third-order valence-corrected chi connectivity index (χ3v) is 2.98. The summed E-state index contributed by atoms with van der Waals surface area (Å²) in [5.41, 5.74) is 0.729. The molecule has 112 valence electrons. The average Bonchev–Trinajstić information content (AvgIpc) is 3.05. The van der Waals surface area contributed by atoms with Crippen molar-refractivity contribution >= 4 is 11.6 Å². The van der Waals surface area contributed by atoms with Gasteiger partial charge in [0.05, 0.1) is 17.2 Å². The molecule has 0 aromatic carbocycles. The summed E-state index contributed by atoms with van der Waals surface area (Å²) in [6, 6.07) is 1.85. The molecule has 0 fully saturated rings. The summed E-state index contributed by atoms with van der Waals surface area (Å²) >= 11 is 0. The van der Waals surface area contributed by atoms with Gasteiger partial charge in [-0.1, -0.05) is 0 Å². The van der Waals surface area contributed by atoms with E-state index in [4.69, 9.17) is 0 Å². The van der Waals surface area contributed by atoms with Crippen LogP contribution in [0.1, 0.15) is 12.1 Å². The van der Waals surface area contributed by atoms with Gasteiger partial charge in [0, 0.05) is 33.3 Å². The minimum absolute atomic E-state index is 0.0705. The molecule has 0 aliphatic carbocycles. The zero-order valence-electron chi connectivity index (χ0n) is 11.8. The number of hydrogen-bond acceptors (Lipinski definition) is 5. The van der Waals surface area contributed by atoms with Crippen molar-refractivity contribution in [1.82, 2.24) is 24.5 Å². The minimum Gasteiger partial charge on any atom is -0.340 e. The lowest BCUT2D eigenvalue weighted by molar-refractivity contribution is -0.385. The van der Waals surface area contributed by atoms with Gasteiger partial charge in [-0.05, 0) is 6.07 Å². The Labute approximate surface area is 120 Å². The molecule has 0 N–H and O–H groups in total. The second-order valence-corrected chi connectivity index (χ2v) is 4.70. The zero-order valence-corrected chi connectivity index (χ0v) is 11.8. The minimum atomic E-state index is -0.515. The van der Waals surface area contributed by atoms with Gasteiger partial charge < -0.3 is 4.90 Å². The number of hydrogen-bond donors (Lipinski definition) is 0. The second kappa shape index (κ2) is 6.16. The summed E-state index contributed by atoms with van der Waals surface area (Å²) in [7, 11) is 3.51. The average molecular weight is 292 g/mol. The maximum absolute atomic E-state index is 12.0. The number of rotatable bonds is 6. The first kappa shape index (κ1) is 14.7. The van der Waals surface area contributed by atoms with E-state index >= 15 is 0 Å². The Morgan fingerprint density at radius 2 is 2.29 bits per heavy atom. The Bertz CT molecular complexity index is 647. The highest BCUT2D eigenvalue weighted by Crippen LogP contribution is 2.08. The van der Waals surface area contributed by atoms with Crippen LogP contribution >= 0.6 is 0 Å². The van der Waals surface area contributed by atoms with Crippen LogP contribution in [-0.2, 0) is 24.9 Å². The summed E-state index contributed by atoms with van der Waals surface area (Å²) in [4.78, 5) is 23.6. The van der Waals surface area contributed by atoms with E-state index in [1.54, 1.807) is 16.6 Å². The van der Waals surface area contributed by atoms with E-state index in [0.29, 0.717) is 13.1 Å². The van der Waals surface area contributed by atoms with E-state index in [1.165, 1.54) is 17.1 Å². The predicted molar refractivity (Wildman–Crippen MR) is 73.2 cm³/mol. The van der Waals surface area contributed by atoms with Gasteiger partial charge in [0.15, 0.2) is 0 Å². The highest BCUT2D eigenvalue weighted by molar-refractivity contribution is 5.75. The van der Waals surface area contributed by atoms with E-state index in [2.05, 4.69) is 10.2 Å². The van der Waals surface area contributed by atoms with Gasteiger partial charge in [-0.2, -0.15) is 10.2 Å². The summed E-state index contributed by atoms with van der Waals surface area (Å²) in [5.74, 6) is -0.0705. The Morgan fingerprint density at radius 3 is 2.86 bits per heavy atom. The molecule has 2 aromatic heterocycles. The molecule has 2 rings (SSSR count). The number of carbonyl (C=O) groups excluding carboxylic acids is 1. The molecule has 0 atom stereocenters. The summed E-state index contributed by atoms with van der Waals surface area (Å²) in [6.07, 6.45) is 4.52. The molecule has 0 saturated heterocycles. The summed E-state index contributed by atoms with van der Waals surface area (Å²) in [6.45, 7) is 0.734. The second-order valence-electron chi connectivity index (χ2n) is 4.70. The molecule has 2 heterocycles. The fourth-order valence-electron chi connectivity index (χ4n) is 1.85. The van der Waals surface area contributed by atoms with Crippen molar-refractivity contribution in [2.24, 2.45) is 7.05 Å². The molecule has 0 aliphatic rings. The lowest BCUT2D eigenvalue weighted by Gasteiger charge is -2.15. The largest absolute Gasteiger partial charge is 0.340 e. The number of nitro groups is 1. The monoisotopic (exact) mass is 292 g/mol. The molecule has 0 saturated carbocycles. The highest BCUT2D eigenvalue weighted by Gasteiger charge is 2.13. The van der Waals surface area contributed by atoms with Crippen LogP contribution in [0.25, 0.3) is 0 Å². The number of amides is 1. The van der Waals surface area contributed by atoms with Crippen molar-refractivity contribution < 1.29 is 9.72 Å². The van der Waals surface area contributed by atoms with E-state index in [9.17, 15) is 14.9 Å². The Kier molecular flexibility index (Phi) is 4.31. The van der Waals surface area contributed by atoms with Crippen LogP contribution in [0.3, 0.4) is 0 Å². The van der Waals surface area contributed by atoms with Crippen molar-refractivity contribution in [3.05, 3.63) is 40.5 Å². The molecule has 0 radical (unpaired) electrons. The molecule has 21 heavy (non-hydrogen) atoms. The van der Waals surface area contributed by atoms with E-state index in [0.717, 1.165) is 5.69 Å². The molecular weight excluding hydrogens is 276 g/mol. The first-order chi connectivity index (χ1) is 9.95. The standard InChI is InChI=1S/C12H16N6O3/c1-15(8-10-3-5-16(2)14-10)12(19)4-6-17-9-11(7-13-17)18(20)21/h3,5,7,9H,4,6,8H2,1-2H3. The van der Waals surface area contributed by atoms with Crippen LogP contribution in [0.5, 0.6) is 0 Å². The van der Waals surface area contributed by atoms with E-state index < -0.39 is 4.92 Å². The SMILES string of the molecule is CN(Cc1ccn(C)n1)C(=O)CCn1cc([N+](=O)[O-])cn1. The third kappa shape index (κ3) is 3.88. The lowest BCUT2D eigenvalue weighted by atomic mass is 10.3. The van der Waals surface area contributed by atoms with Gasteiger partial charge in [0.1, 0.15) is 12.4 Å². The molecule has 0 bridgehead atoms. The van der Waals surface area contributed by atoms with Gasteiger partial charge in [-0.25, -0.2) is 0 Å². The van der Waals surface area contributed by atoms with Crippen LogP contribution in [0.15, 0.2) is 24.7 Å². The van der Waals surface area contributed by atoms with Crippen molar-refractivity contribution in [3.63, 3.8) is 0 Å². The van der Waals surface area contributed by atoms with Crippen molar-refractivity contribution in [2.75, 3.05) is 7.05 Å². The highest BCUT2D eigenvalue weighted by atomic mass is 16.6. The van der Waals surface area contributed by atoms with Gasteiger partial charge in [-0.3, -0.25) is 24.3 Å². The Balaban J connectivity index is 1.84. The molecule has 2 aromatic rings. The Hall–Kier alpha value is -2.71. The predicted octanol–water partition coefficient (Wildman–Crippen LogP) is 0.573. The first-order valence-electron chi connectivity index (χ1n) is 6.35. The molecule has 9 nitrogen and oxygen atoms in total. The zero-order chi connectivity index (χ0) is 15.4. The van der Waals surface area contributed by atoms with Gasteiger partial charge in [-0.15, -0.1) is 0 Å². The fraction of sp³-hybridized carbons (Fsp3) is 0.417. The van der Waals surface area contributed by atoms with Crippen molar-refractivity contribution in [3.8, 4) is 0 Å². The molecule has 0 spiro atoms. The molecule has 0 aliphatic heterocycles. The smallest absolute Gasteiger partial charge is 0.306 e. The maximum Gasteiger partial charge on any atom is 0.306 e. The van der Waals surface area contributed by atoms with Crippen LogP contribution in [0.2, 0.25) is 0 Å².